The highest BCUT2D eigenvalue weighted by atomic mass is 79.9. The van der Waals surface area contributed by atoms with Gasteiger partial charge in [0.2, 0.25) is 0 Å². The van der Waals surface area contributed by atoms with Crippen LogP contribution in [0.2, 0.25) is 0 Å². The Morgan fingerprint density at radius 2 is 1.43 bits per heavy atom. The Labute approximate surface area is 173 Å². The summed E-state index contributed by atoms with van der Waals surface area (Å²) in [4.78, 5) is 14.8. The standard InChI is InChI=1S/C24H20BrNO2/c1-15-7-11-17(12-8-15)21-22(19-5-3-4-6-20(19)25)26(24(28)23(21)27)18-13-9-16(2)10-14-18/h3-14,22,27H,1-2H3/t22-/m1/s1. The molecule has 0 fully saturated rings. The fourth-order valence-corrected chi connectivity index (χ4v) is 4.10. The van der Waals surface area contributed by atoms with Crippen molar-refractivity contribution in [3.05, 3.63) is 105 Å². The fraction of sp³-hybridized carbons (Fsp3) is 0.125. The Hall–Kier alpha value is -2.85. The second kappa shape index (κ2) is 7.28. The lowest BCUT2D eigenvalue weighted by atomic mass is 9.93. The number of aliphatic hydroxyl groups excluding tert-OH is 1. The van der Waals surface area contributed by atoms with Crippen LogP contribution < -0.4 is 4.90 Å². The maximum absolute atomic E-state index is 13.1. The van der Waals surface area contributed by atoms with Crippen LogP contribution in [0, 0.1) is 13.8 Å². The molecule has 1 aliphatic rings. The van der Waals surface area contributed by atoms with Crippen molar-refractivity contribution >= 4 is 33.1 Å². The topological polar surface area (TPSA) is 40.5 Å². The summed E-state index contributed by atoms with van der Waals surface area (Å²) < 4.78 is 0.893. The van der Waals surface area contributed by atoms with Crippen LogP contribution in [0.1, 0.15) is 28.3 Å². The monoisotopic (exact) mass is 433 g/mol. The number of aryl methyl sites for hydroxylation is 2. The summed E-state index contributed by atoms with van der Waals surface area (Å²) in [5, 5.41) is 10.9. The molecule has 0 aliphatic carbocycles. The minimum absolute atomic E-state index is 0.204. The van der Waals surface area contributed by atoms with E-state index in [0.717, 1.165) is 32.4 Å². The predicted molar refractivity (Wildman–Crippen MR) is 116 cm³/mol. The number of aliphatic hydroxyl groups is 1. The molecule has 0 bridgehead atoms. The lowest BCUT2D eigenvalue weighted by molar-refractivity contribution is -0.117. The van der Waals surface area contributed by atoms with Crippen molar-refractivity contribution < 1.29 is 9.90 Å². The number of carbonyl (C=O) groups excluding carboxylic acids is 1. The number of amides is 1. The zero-order valence-electron chi connectivity index (χ0n) is 15.7. The molecule has 28 heavy (non-hydrogen) atoms. The van der Waals surface area contributed by atoms with Crippen LogP contribution in [0.25, 0.3) is 5.57 Å². The van der Waals surface area contributed by atoms with Crippen LogP contribution in [0.15, 0.2) is 83.0 Å². The Morgan fingerprint density at radius 1 is 0.857 bits per heavy atom. The molecule has 0 aromatic heterocycles. The van der Waals surface area contributed by atoms with Crippen molar-refractivity contribution in [2.45, 2.75) is 19.9 Å². The summed E-state index contributed by atoms with van der Waals surface area (Å²) in [6.07, 6.45) is 0. The third-order valence-corrected chi connectivity index (χ3v) is 5.80. The molecule has 1 atom stereocenters. The molecule has 0 unspecified atom stereocenters. The van der Waals surface area contributed by atoms with E-state index in [0.29, 0.717) is 5.57 Å². The molecule has 1 N–H and O–H groups in total. The van der Waals surface area contributed by atoms with Gasteiger partial charge in [-0.15, -0.1) is 0 Å². The molecular weight excluding hydrogens is 414 g/mol. The molecule has 3 nitrogen and oxygen atoms in total. The predicted octanol–water partition coefficient (Wildman–Crippen LogP) is 6.12. The highest BCUT2D eigenvalue weighted by Crippen LogP contribution is 2.47. The summed E-state index contributed by atoms with van der Waals surface area (Å²) in [6, 6.07) is 23.1. The molecular formula is C24H20BrNO2. The van der Waals surface area contributed by atoms with Gasteiger partial charge < -0.3 is 5.11 Å². The van der Waals surface area contributed by atoms with E-state index in [2.05, 4.69) is 15.9 Å². The first-order valence-electron chi connectivity index (χ1n) is 9.12. The van der Waals surface area contributed by atoms with Crippen molar-refractivity contribution in [3.63, 3.8) is 0 Å². The van der Waals surface area contributed by atoms with Crippen molar-refractivity contribution in [3.8, 4) is 0 Å². The quantitative estimate of drug-likeness (QED) is 0.539. The minimum Gasteiger partial charge on any atom is -0.503 e. The van der Waals surface area contributed by atoms with Gasteiger partial charge in [-0.3, -0.25) is 9.69 Å². The lowest BCUT2D eigenvalue weighted by Crippen LogP contribution is -2.30. The number of nitrogens with zero attached hydrogens (tertiary/aromatic N) is 1. The van der Waals surface area contributed by atoms with E-state index in [9.17, 15) is 9.90 Å². The molecule has 1 aliphatic heterocycles. The number of anilines is 1. The van der Waals surface area contributed by atoms with Crippen LogP contribution in [0.3, 0.4) is 0 Å². The normalized spacial score (nSPS) is 16.8. The number of hydrogen-bond acceptors (Lipinski definition) is 2. The summed E-state index contributed by atoms with van der Waals surface area (Å²) in [5.74, 6) is -0.592. The first kappa shape index (κ1) is 18.5. The molecule has 3 aromatic rings. The van der Waals surface area contributed by atoms with Gasteiger partial charge in [-0.2, -0.15) is 0 Å². The summed E-state index contributed by atoms with van der Waals surface area (Å²) >= 11 is 3.63. The number of halogens is 1. The van der Waals surface area contributed by atoms with Crippen LogP contribution in [0.5, 0.6) is 0 Å². The van der Waals surface area contributed by atoms with Gasteiger partial charge in [-0.25, -0.2) is 0 Å². The van der Waals surface area contributed by atoms with Gasteiger partial charge in [0.05, 0.1) is 6.04 Å². The molecule has 140 valence electrons. The molecule has 1 heterocycles. The smallest absolute Gasteiger partial charge is 0.294 e. The zero-order chi connectivity index (χ0) is 19.8. The van der Waals surface area contributed by atoms with E-state index < -0.39 is 6.04 Å². The van der Waals surface area contributed by atoms with Crippen LogP contribution in [0.4, 0.5) is 5.69 Å². The lowest BCUT2D eigenvalue weighted by Gasteiger charge is -2.28. The molecule has 0 spiro atoms. The Kier molecular flexibility index (Phi) is 4.82. The van der Waals surface area contributed by atoms with E-state index in [-0.39, 0.29) is 11.7 Å². The number of benzene rings is 3. The van der Waals surface area contributed by atoms with Crippen molar-refractivity contribution in [2.24, 2.45) is 0 Å². The summed E-state index contributed by atoms with van der Waals surface area (Å²) in [7, 11) is 0. The zero-order valence-corrected chi connectivity index (χ0v) is 17.3. The SMILES string of the molecule is Cc1ccc(C2=C(O)C(=O)N(c3ccc(C)cc3)[C@@H]2c2ccccc2Br)cc1. The van der Waals surface area contributed by atoms with E-state index in [1.54, 1.807) is 4.90 Å². The van der Waals surface area contributed by atoms with Crippen molar-refractivity contribution in [1.29, 1.82) is 0 Å². The van der Waals surface area contributed by atoms with Crippen molar-refractivity contribution in [2.75, 3.05) is 4.90 Å². The van der Waals surface area contributed by atoms with Gasteiger partial charge >= 0.3 is 0 Å². The highest BCUT2D eigenvalue weighted by Gasteiger charge is 2.42. The Bertz CT molecular complexity index is 1070. The van der Waals surface area contributed by atoms with E-state index in [1.807, 2.05) is 86.6 Å². The van der Waals surface area contributed by atoms with Crippen LogP contribution in [-0.4, -0.2) is 11.0 Å². The first-order valence-corrected chi connectivity index (χ1v) is 9.91. The van der Waals surface area contributed by atoms with E-state index >= 15 is 0 Å². The number of hydrogen-bond donors (Lipinski definition) is 1. The second-order valence-corrected chi connectivity index (χ2v) is 7.92. The largest absolute Gasteiger partial charge is 0.503 e. The molecule has 4 heteroatoms. The Balaban J connectivity index is 1.93. The maximum atomic E-state index is 13.1. The van der Waals surface area contributed by atoms with Gasteiger partial charge in [0.25, 0.3) is 5.91 Å². The van der Waals surface area contributed by atoms with Gasteiger partial charge in [0.1, 0.15) is 0 Å². The highest BCUT2D eigenvalue weighted by molar-refractivity contribution is 9.10. The number of rotatable bonds is 3. The van der Waals surface area contributed by atoms with Crippen molar-refractivity contribution in [1.82, 2.24) is 0 Å². The Morgan fingerprint density at radius 3 is 2.04 bits per heavy atom. The number of carbonyl (C=O) groups is 1. The van der Waals surface area contributed by atoms with Gasteiger partial charge in [-0.05, 0) is 43.2 Å². The molecule has 0 saturated heterocycles. The average molecular weight is 434 g/mol. The van der Waals surface area contributed by atoms with E-state index in [4.69, 9.17) is 0 Å². The van der Waals surface area contributed by atoms with Gasteiger partial charge in [0.15, 0.2) is 5.76 Å². The second-order valence-electron chi connectivity index (χ2n) is 7.06. The average Bonchev–Trinajstić information content (AvgIpc) is 2.95. The minimum atomic E-state index is -0.423. The van der Waals surface area contributed by atoms with Crippen LogP contribution >= 0.6 is 15.9 Å². The molecule has 0 radical (unpaired) electrons. The molecule has 4 rings (SSSR count). The third kappa shape index (κ3) is 3.14. The molecule has 0 saturated carbocycles. The summed E-state index contributed by atoms with van der Waals surface area (Å²) in [5.41, 5.74) is 5.38. The van der Waals surface area contributed by atoms with Gasteiger partial charge in [-0.1, -0.05) is 81.7 Å². The first-order chi connectivity index (χ1) is 13.5. The van der Waals surface area contributed by atoms with Gasteiger partial charge in [0, 0.05) is 15.7 Å². The third-order valence-electron chi connectivity index (χ3n) is 5.08. The summed E-state index contributed by atoms with van der Waals surface area (Å²) in [6.45, 7) is 4.02. The van der Waals surface area contributed by atoms with E-state index in [1.165, 1.54) is 0 Å². The van der Waals surface area contributed by atoms with Crippen LogP contribution in [-0.2, 0) is 4.79 Å². The molecule has 1 amide bonds. The fourth-order valence-electron chi connectivity index (χ4n) is 3.60. The maximum Gasteiger partial charge on any atom is 0.294 e. The molecule has 3 aromatic carbocycles.